The number of esters is 1. The highest BCUT2D eigenvalue weighted by atomic mass is 35.5. The minimum atomic E-state index is -0.337. The predicted octanol–water partition coefficient (Wildman–Crippen LogP) is 4.38. The van der Waals surface area contributed by atoms with Crippen molar-refractivity contribution in [3.05, 3.63) is 33.1 Å². The second-order valence-corrected chi connectivity index (χ2v) is 4.97. The van der Waals surface area contributed by atoms with Gasteiger partial charge in [-0.15, -0.1) is 11.3 Å². The molecule has 0 atom stereocenters. The third-order valence-electron chi connectivity index (χ3n) is 2.06. The number of ether oxygens (including phenoxy) is 1. The lowest BCUT2D eigenvalue weighted by Crippen LogP contribution is -2.01. The van der Waals surface area contributed by atoms with Crippen LogP contribution in [-0.2, 0) is 4.74 Å². The summed E-state index contributed by atoms with van der Waals surface area (Å²) in [5.41, 5.74) is 0. The minimum Gasteiger partial charge on any atom is -0.462 e. The van der Waals surface area contributed by atoms with Crippen LogP contribution in [0.4, 0.5) is 0 Å². The van der Waals surface area contributed by atoms with Gasteiger partial charge in [0.25, 0.3) is 0 Å². The summed E-state index contributed by atoms with van der Waals surface area (Å²) in [6, 6.07) is 5.15. The Labute approximate surface area is 107 Å². The first-order valence-electron chi connectivity index (χ1n) is 4.68. The number of carbonyl (C=O) groups is 1. The Hall–Kier alpha value is -0.770. The van der Waals surface area contributed by atoms with Crippen LogP contribution in [0.3, 0.4) is 0 Å². The molecule has 0 unspecified atom stereocenters. The van der Waals surface area contributed by atoms with E-state index in [9.17, 15) is 4.79 Å². The number of rotatable bonds is 2. The maximum atomic E-state index is 11.5. The highest BCUT2D eigenvalue weighted by molar-refractivity contribution is 7.21. The van der Waals surface area contributed by atoms with Crippen LogP contribution in [0.1, 0.15) is 16.6 Å². The maximum Gasteiger partial charge on any atom is 0.348 e. The van der Waals surface area contributed by atoms with Crippen molar-refractivity contribution in [1.29, 1.82) is 0 Å². The fourth-order valence-corrected chi connectivity index (χ4v) is 2.89. The highest BCUT2D eigenvalue weighted by Gasteiger charge is 2.14. The molecule has 0 saturated heterocycles. The average molecular weight is 275 g/mol. The number of hydrogen-bond acceptors (Lipinski definition) is 3. The first-order chi connectivity index (χ1) is 7.63. The first kappa shape index (κ1) is 11.7. The summed E-state index contributed by atoms with van der Waals surface area (Å²) in [4.78, 5) is 12.1. The van der Waals surface area contributed by atoms with Crippen molar-refractivity contribution >= 4 is 50.6 Å². The van der Waals surface area contributed by atoms with Crippen LogP contribution in [0.5, 0.6) is 0 Å². The molecule has 0 spiro atoms. The van der Waals surface area contributed by atoms with Gasteiger partial charge >= 0.3 is 5.97 Å². The van der Waals surface area contributed by atoms with E-state index in [0.29, 0.717) is 21.5 Å². The molecule has 0 amide bonds. The molecule has 0 N–H and O–H groups in total. The second-order valence-electron chi connectivity index (χ2n) is 3.10. The largest absolute Gasteiger partial charge is 0.462 e. The summed E-state index contributed by atoms with van der Waals surface area (Å²) < 4.78 is 5.74. The number of carbonyl (C=O) groups excluding carboxylic acids is 1. The Morgan fingerprint density at radius 3 is 2.69 bits per heavy atom. The molecule has 0 radical (unpaired) electrons. The van der Waals surface area contributed by atoms with Gasteiger partial charge in [0.05, 0.1) is 16.3 Å². The lowest BCUT2D eigenvalue weighted by molar-refractivity contribution is 0.0532. The van der Waals surface area contributed by atoms with E-state index >= 15 is 0 Å². The molecule has 5 heteroatoms. The van der Waals surface area contributed by atoms with E-state index in [4.69, 9.17) is 27.9 Å². The van der Waals surface area contributed by atoms with Crippen molar-refractivity contribution in [2.24, 2.45) is 0 Å². The van der Waals surface area contributed by atoms with Crippen LogP contribution in [0.15, 0.2) is 18.2 Å². The summed E-state index contributed by atoms with van der Waals surface area (Å²) in [5, 5.41) is 1.98. The summed E-state index contributed by atoms with van der Waals surface area (Å²) in [6.45, 7) is 2.12. The first-order valence-corrected chi connectivity index (χ1v) is 6.25. The summed E-state index contributed by atoms with van der Waals surface area (Å²) in [5.74, 6) is -0.337. The quantitative estimate of drug-likeness (QED) is 0.760. The van der Waals surface area contributed by atoms with Crippen LogP contribution in [-0.4, -0.2) is 12.6 Å². The number of fused-ring (bicyclic) bond motifs is 1. The molecule has 1 aromatic carbocycles. The Morgan fingerprint density at radius 1 is 1.38 bits per heavy atom. The maximum absolute atomic E-state index is 11.5. The molecule has 0 saturated carbocycles. The summed E-state index contributed by atoms with van der Waals surface area (Å²) in [6.07, 6.45) is 0. The standard InChI is InChI=1S/C11H8Cl2O2S/c1-2-15-11(14)9-5-6-7(12)3-4-8(13)10(6)16-9/h3-5H,2H2,1H3. The lowest BCUT2D eigenvalue weighted by Gasteiger charge is -1.95. The molecule has 0 fully saturated rings. The summed E-state index contributed by atoms with van der Waals surface area (Å²) in [7, 11) is 0. The van der Waals surface area contributed by atoms with Crippen molar-refractivity contribution in [3.8, 4) is 0 Å². The van der Waals surface area contributed by atoms with E-state index < -0.39 is 0 Å². The molecule has 0 aliphatic carbocycles. The van der Waals surface area contributed by atoms with Gasteiger partial charge in [0.15, 0.2) is 0 Å². The van der Waals surface area contributed by atoms with E-state index in [1.807, 2.05) is 0 Å². The number of halogens is 2. The third-order valence-corrected chi connectivity index (χ3v) is 3.96. The van der Waals surface area contributed by atoms with Gasteiger partial charge in [0.1, 0.15) is 4.88 Å². The van der Waals surface area contributed by atoms with Gasteiger partial charge in [0.2, 0.25) is 0 Å². The Morgan fingerprint density at radius 2 is 2.06 bits per heavy atom. The molecule has 0 aliphatic heterocycles. The molecule has 84 valence electrons. The van der Waals surface area contributed by atoms with Crippen molar-refractivity contribution in [2.75, 3.05) is 6.61 Å². The highest BCUT2D eigenvalue weighted by Crippen LogP contribution is 2.36. The lowest BCUT2D eigenvalue weighted by atomic mass is 10.2. The van der Waals surface area contributed by atoms with E-state index in [1.165, 1.54) is 11.3 Å². The monoisotopic (exact) mass is 274 g/mol. The van der Waals surface area contributed by atoms with E-state index in [0.717, 1.165) is 10.1 Å². The molecule has 16 heavy (non-hydrogen) atoms. The normalized spacial score (nSPS) is 10.7. The molecule has 0 bridgehead atoms. The van der Waals surface area contributed by atoms with E-state index in [2.05, 4.69) is 0 Å². The van der Waals surface area contributed by atoms with Gasteiger partial charge < -0.3 is 4.74 Å². The molecular weight excluding hydrogens is 267 g/mol. The van der Waals surface area contributed by atoms with Crippen molar-refractivity contribution in [2.45, 2.75) is 6.92 Å². The predicted molar refractivity (Wildman–Crippen MR) is 67.8 cm³/mol. The van der Waals surface area contributed by atoms with Crippen LogP contribution >= 0.6 is 34.5 Å². The average Bonchev–Trinajstić information content (AvgIpc) is 2.70. The third kappa shape index (κ3) is 2.03. The van der Waals surface area contributed by atoms with Gasteiger partial charge in [-0.3, -0.25) is 0 Å². The molecule has 1 heterocycles. The molecular formula is C11H8Cl2O2S. The fraction of sp³-hybridized carbons (Fsp3) is 0.182. The number of hydrogen-bond donors (Lipinski definition) is 0. The van der Waals surface area contributed by atoms with Gasteiger partial charge in [-0.2, -0.15) is 0 Å². The second kappa shape index (κ2) is 4.62. The van der Waals surface area contributed by atoms with Crippen LogP contribution < -0.4 is 0 Å². The number of benzene rings is 1. The zero-order valence-electron chi connectivity index (χ0n) is 8.42. The molecule has 2 aromatic rings. The van der Waals surface area contributed by atoms with Crippen molar-refractivity contribution in [1.82, 2.24) is 0 Å². The van der Waals surface area contributed by atoms with Gasteiger partial charge in [-0.1, -0.05) is 23.2 Å². The molecule has 2 rings (SSSR count). The SMILES string of the molecule is CCOC(=O)c1cc2c(Cl)ccc(Cl)c2s1. The fourth-order valence-electron chi connectivity index (χ4n) is 1.36. The van der Waals surface area contributed by atoms with Crippen LogP contribution in [0.2, 0.25) is 10.0 Å². The Bertz CT molecular complexity index is 509. The Balaban J connectivity index is 2.55. The van der Waals surface area contributed by atoms with Crippen LogP contribution in [0, 0.1) is 0 Å². The molecule has 2 nitrogen and oxygen atoms in total. The van der Waals surface area contributed by atoms with Crippen molar-refractivity contribution in [3.63, 3.8) is 0 Å². The van der Waals surface area contributed by atoms with E-state index in [-0.39, 0.29) is 5.97 Å². The number of thiophene rings is 1. The van der Waals surface area contributed by atoms with Crippen LogP contribution in [0.25, 0.3) is 10.1 Å². The molecule has 1 aromatic heterocycles. The summed E-state index contributed by atoms with van der Waals surface area (Å²) >= 11 is 13.3. The smallest absolute Gasteiger partial charge is 0.348 e. The van der Waals surface area contributed by atoms with Gasteiger partial charge in [0, 0.05) is 10.4 Å². The molecule has 0 aliphatic rings. The minimum absolute atomic E-state index is 0.337. The Kier molecular flexibility index (Phi) is 3.38. The zero-order valence-corrected chi connectivity index (χ0v) is 10.7. The van der Waals surface area contributed by atoms with Gasteiger partial charge in [-0.25, -0.2) is 4.79 Å². The zero-order chi connectivity index (χ0) is 11.7. The topological polar surface area (TPSA) is 26.3 Å². The van der Waals surface area contributed by atoms with Crippen molar-refractivity contribution < 1.29 is 9.53 Å². The van der Waals surface area contributed by atoms with E-state index in [1.54, 1.807) is 25.1 Å². The van der Waals surface area contributed by atoms with Gasteiger partial charge in [-0.05, 0) is 25.1 Å².